The smallest absolute Gasteiger partial charge is 0.235 e. The van der Waals surface area contributed by atoms with Gasteiger partial charge in [0.1, 0.15) is 11.3 Å². The molecule has 4 heterocycles. The molecule has 0 saturated carbocycles. The maximum atomic E-state index is 6.97. The van der Waals surface area contributed by atoms with Gasteiger partial charge in [-0.1, -0.05) is 140 Å². The molecular weight excluding hydrogens is 721 g/mol. The largest absolute Gasteiger partial charge is 0.458 e. The average molecular weight is 761 g/mol. The van der Waals surface area contributed by atoms with Gasteiger partial charge < -0.3 is 8.98 Å². The third-order valence-corrected chi connectivity index (χ3v) is 12.4. The molecule has 282 valence electrons. The first-order valence-corrected chi connectivity index (χ1v) is 20.8. The van der Waals surface area contributed by atoms with E-state index in [1.54, 1.807) is 0 Å². The summed E-state index contributed by atoms with van der Waals surface area (Å²) in [5.74, 6) is 2.13. The van der Waals surface area contributed by atoms with E-state index < -0.39 is 0 Å². The summed E-state index contributed by atoms with van der Waals surface area (Å²) in [5, 5.41) is 4.67. The minimum Gasteiger partial charge on any atom is -0.458 e. The lowest BCUT2D eigenvalue weighted by Crippen LogP contribution is -2.08. The molecule has 0 bridgehead atoms. The average Bonchev–Trinajstić information content (AvgIpc) is 3.85. The third-order valence-electron chi connectivity index (χ3n) is 12.4. The van der Waals surface area contributed by atoms with E-state index in [1.165, 1.54) is 27.8 Å². The van der Waals surface area contributed by atoms with Gasteiger partial charge in [0.2, 0.25) is 5.95 Å². The van der Waals surface area contributed by atoms with Gasteiger partial charge in [0.25, 0.3) is 0 Å². The van der Waals surface area contributed by atoms with Crippen molar-refractivity contribution in [3.8, 4) is 34.0 Å². The molecular formula is C54H40N4O. The van der Waals surface area contributed by atoms with Crippen molar-refractivity contribution in [2.24, 2.45) is 5.92 Å². The molecule has 0 aliphatic heterocycles. The Balaban J connectivity index is 1.13. The molecule has 0 spiro atoms. The Hall–Kier alpha value is -7.24. The van der Waals surface area contributed by atoms with Crippen molar-refractivity contribution in [3.63, 3.8) is 0 Å². The molecule has 3 aliphatic carbocycles. The van der Waals surface area contributed by atoms with Crippen LogP contribution in [0.3, 0.4) is 0 Å². The number of aromatic nitrogens is 4. The van der Waals surface area contributed by atoms with Crippen molar-refractivity contribution < 1.29 is 4.42 Å². The maximum Gasteiger partial charge on any atom is 0.235 e. The summed E-state index contributed by atoms with van der Waals surface area (Å²) < 4.78 is 11.7. The summed E-state index contributed by atoms with van der Waals surface area (Å²) in [5.41, 5.74) is 15.3. The predicted octanol–water partition coefficient (Wildman–Crippen LogP) is 13.7. The minimum atomic E-state index is 0.489. The summed E-state index contributed by atoms with van der Waals surface area (Å²) in [4.78, 5) is 10.8. The van der Waals surface area contributed by atoms with Crippen LogP contribution in [0.15, 0.2) is 162 Å². The van der Waals surface area contributed by atoms with Crippen LogP contribution in [0, 0.1) is 5.92 Å². The number of furan rings is 1. The Morgan fingerprint density at radius 1 is 0.661 bits per heavy atom. The van der Waals surface area contributed by atoms with Crippen LogP contribution in [-0.4, -0.2) is 19.1 Å². The maximum absolute atomic E-state index is 6.97. The summed E-state index contributed by atoms with van der Waals surface area (Å²) in [6.07, 6.45) is 23.7. The van der Waals surface area contributed by atoms with Crippen molar-refractivity contribution in [1.29, 1.82) is 0 Å². The van der Waals surface area contributed by atoms with Gasteiger partial charge in [0.05, 0.1) is 22.4 Å². The number of hydrogen-bond donors (Lipinski definition) is 0. The molecule has 0 radical (unpaired) electrons. The van der Waals surface area contributed by atoms with Gasteiger partial charge in [-0.3, -0.25) is 4.57 Å². The fraction of sp³-hybridized carbons (Fsp3) is 0.111. The highest BCUT2D eigenvalue weighted by Crippen LogP contribution is 2.46. The van der Waals surface area contributed by atoms with Gasteiger partial charge in [-0.25, -0.2) is 9.97 Å². The molecule has 3 aliphatic rings. The molecule has 0 N–H and O–H groups in total. The zero-order valence-corrected chi connectivity index (χ0v) is 32.8. The minimum absolute atomic E-state index is 0.489. The van der Waals surface area contributed by atoms with Gasteiger partial charge in [0, 0.05) is 61.6 Å². The van der Waals surface area contributed by atoms with Gasteiger partial charge in [-0.15, -0.1) is 0 Å². The number of para-hydroxylation sites is 2. The Kier molecular flexibility index (Phi) is 7.70. The quantitative estimate of drug-likeness (QED) is 0.176. The van der Waals surface area contributed by atoms with E-state index in [-0.39, 0.29) is 0 Å². The number of allylic oxidation sites excluding steroid dienone is 8. The Morgan fingerprint density at radius 2 is 1.44 bits per heavy atom. The molecule has 4 aromatic heterocycles. The lowest BCUT2D eigenvalue weighted by atomic mass is 9.94. The zero-order valence-electron chi connectivity index (χ0n) is 32.8. The molecule has 0 fully saturated rings. The first kappa shape index (κ1) is 33.9. The highest BCUT2D eigenvalue weighted by atomic mass is 16.3. The number of nitrogens with zero attached hydrogens (tertiary/aromatic N) is 4. The summed E-state index contributed by atoms with van der Waals surface area (Å²) in [7, 11) is 0. The second-order valence-corrected chi connectivity index (χ2v) is 16.0. The zero-order chi connectivity index (χ0) is 39.0. The van der Waals surface area contributed by atoms with Crippen LogP contribution in [0.1, 0.15) is 48.0 Å². The number of aryl methyl sites for hydroxylation is 1. The molecule has 9 aromatic rings. The lowest BCUT2D eigenvalue weighted by Gasteiger charge is -2.17. The van der Waals surface area contributed by atoms with Crippen LogP contribution < -0.4 is 0 Å². The number of hydrogen-bond acceptors (Lipinski definition) is 3. The molecule has 5 aromatic carbocycles. The van der Waals surface area contributed by atoms with E-state index >= 15 is 0 Å². The van der Waals surface area contributed by atoms with Crippen molar-refractivity contribution in [3.05, 3.63) is 186 Å². The normalized spacial score (nSPS) is 15.9. The summed E-state index contributed by atoms with van der Waals surface area (Å²) in [6.45, 7) is 2.30. The topological polar surface area (TPSA) is 48.8 Å². The van der Waals surface area contributed by atoms with Crippen LogP contribution in [0.25, 0.3) is 95.4 Å². The van der Waals surface area contributed by atoms with E-state index in [9.17, 15) is 0 Å². The second kappa shape index (κ2) is 13.4. The van der Waals surface area contributed by atoms with E-state index in [0.717, 1.165) is 103 Å². The van der Waals surface area contributed by atoms with Crippen LogP contribution in [0.2, 0.25) is 0 Å². The van der Waals surface area contributed by atoms with Crippen molar-refractivity contribution >= 4 is 61.4 Å². The highest BCUT2D eigenvalue weighted by Gasteiger charge is 2.27. The molecule has 12 rings (SSSR count). The fourth-order valence-corrected chi connectivity index (χ4v) is 9.60. The molecule has 1 atom stereocenters. The molecule has 5 nitrogen and oxygen atoms in total. The molecule has 1 unspecified atom stereocenters. The summed E-state index contributed by atoms with van der Waals surface area (Å²) >= 11 is 0. The highest BCUT2D eigenvalue weighted by molar-refractivity contribution is 6.23. The first-order chi connectivity index (χ1) is 29.2. The number of fused-ring (bicyclic) bond motifs is 10. The first-order valence-electron chi connectivity index (χ1n) is 20.8. The number of benzene rings is 5. The van der Waals surface area contributed by atoms with Gasteiger partial charge >= 0.3 is 0 Å². The van der Waals surface area contributed by atoms with Crippen LogP contribution in [0.4, 0.5) is 0 Å². The Morgan fingerprint density at radius 3 is 2.31 bits per heavy atom. The van der Waals surface area contributed by atoms with Crippen molar-refractivity contribution in [2.45, 2.75) is 32.6 Å². The van der Waals surface area contributed by atoms with Crippen molar-refractivity contribution in [2.75, 3.05) is 0 Å². The lowest BCUT2D eigenvalue weighted by molar-refractivity contribution is 0.548. The van der Waals surface area contributed by atoms with Crippen LogP contribution in [-0.2, 0) is 12.8 Å². The summed E-state index contributed by atoms with van der Waals surface area (Å²) in [6, 6.07) is 41.6. The van der Waals surface area contributed by atoms with E-state index in [1.807, 2.05) is 6.07 Å². The van der Waals surface area contributed by atoms with Gasteiger partial charge in [0.15, 0.2) is 5.58 Å². The fourth-order valence-electron chi connectivity index (χ4n) is 9.60. The second-order valence-electron chi connectivity index (χ2n) is 16.0. The molecule has 59 heavy (non-hydrogen) atoms. The van der Waals surface area contributed by atoms with E-state index in [2.05, 4.69) is 180 Å². The van der Waals surface area contributed by atoms with Crippen LogP contribution >= 0.6 is 0 Å². The molecule has 5 heteroatoms. The third kappa shape index (κ3) is 5.38. The van der Waals surface area contributed by atoms with E-state index in [0.29, 0.717) is 11.9 Å². The number of rotatable bonds is 5. The van der Waals surface area contributed by atoms with Crippen LogP contribution in [0.5, 0.6) is 0 Å². The Bertz CT molecular complexity index is 3330. The van der Waals surface area contributed by atoms with E-state index in [4.69, 9.17) is 14.4 Å². The standard InChI is InChI=1S/C54H40N4O/c1-34-25-30-40-39-19-9-12-22-47(39)57(49(40)31-34)38-28-26-35(27-29-38)43-32-44-41-20-11-14-24-50(41)59-53(44)52-51(43)42-21-10-13-23-48(42)58(52)54-55-45(36-15-5-2-3-6-16-36)33-46(56-54)37-17-7-4-8-18-37/h2,4-13,15-23,25-30,32-34H,3,14,24,31H2,1H3. The van der Waals surface area contributed by atoms with Gasteiger partial charge in [-0.05, 0) is 72.7 Å². The van der Waals surface area contributed by atoms with Crippen molar-refractivity contribution in [1.82, 2.24) is 19.1 Å². The van der Waals surface area contributed by atoms with Gasteiger partial charge in [-0.2, -0.15) is 0 Å². The molecule has 0 saturated heterocycles. The monoisotopic (exact) mass is 760 g/mol. The predicted molar refractivity (Wildman–Crippen MR) is 244 cm³/mol. The Labute approximate surface area is 342 Å². The molecule has 0 amide bonds. The SMILES string of the molecule is CC1C=Cc2c(n(-c3ccc(-c4cc5c6c(oc5c5c4c4ccccc4n5-c4nc(C5=CC=CCC=C5)cc(-c5ccccc5)n4)CCC=C6)cc3)c3ccccc23)C1.